The first-order chi connectivity index (χ1) is 8.28. The van der Waals surface area contributed by atoms with Crippen LogP contribution in [0.1, 0.15) is 52.4 Å². The van der Waals surface area contributed by atoms with Crippen LogP contribution in [0.2, 0.25) is 0 Å². The monoisotopic (exact) mass is 257 g/mol. The molecule has 2 saturated heterocycles. The maximum absolute atomic E-state index is 6.07. The van der Waals surface area contributed by atoms with Crippen molar-refractivity contribution in [3.63, 3.8) is 0 Å². The minimum absolute atomic E-state index is 0.227. The SMILES string of the molecule is CCCC(CC)NC1CCOC2(CCSC2)C1. The Balaban J connectivity index is 1.84. The van der Waals surface area contributed by atoms with Gasteiger partial charge < -0.3 is 10.1 Å². The van der Waals surface area contributed by atoms with Gasteiger partial charge in [0.25, 0.3) is 0 Å². The molecule has 0 aromatic heterocycles. The summed E-state index contributed by atoms with van der Waals surface area (Å²) in [5, 5.41) is 3.87. The second-order valence-corrected chi connectivity index (χ2v) is 6.69. The number of rotatable bonds is 5. The van der Waals surface area contributed by atoms with Crippen LogP contribution in [0.25, 0.3) is 0 Å². The average molecular weight is 257 g/mol. The first kappa shape index (κ1) is 13.7. The second-order valence-electron chi connectivity index (χ2n) is 5.58. The lowest BCUT2D eigenvalue weighted by molar-refractivity contribution is -0.0714. The zero-order chi connectivity index (χ0) is 12.1. The molecule has 2 nitrogen and oxygen atoms in total. The minimum atomic E-state index is 0.227. The molecule has 17 heavy (non-hydrogen) atoms. The van der Waals surface area contributed by atoms with Crippen LogP contribution in [-0.2, 0) is 4.74 Å². The molecule has 0 bridgehead atoms. The minimum Gasteiger partial charge on any atom is -0.374 e. The highest BCUT2D eigenvalue weighted by atomic mass is 32.2. The zero-order valence-electron chi connectivity index (χ0n) is 11.3. The Labute approximate surface area is 110 Å². The molecular formula is C14H27NOS. The van der Waals surface area contributed by atoms with Crippen molar-refractivity contribution in [3.8, 4) is 0 Å². The lowest BCUT2D eigenvalue weighted by Crippen LogP contribution is -2.49. The van der Waals surface area contributed by atoms with Crippen molar-refractivity contribution < 1.29 is 4.74 Å². The summed E-state index contributed by atoms with van der Waals surface area (Å²) in [4.78, 5) is 0. The van der Waals surface area contributed by atoms with Crippen LogP contribution in [0.15, 0.2) is 0 Å². The quantitative estimate of drug-likeness (QED) is 0.817. The van der Waals surface area contributed by atoms with Crippen molar-refractivity contribution >= 4 is 11.8 Å². The number of hydrogen-bond donors (Lipinski definition) is 1. The van der Waals surface area contributed by atoms with Gasteiger partial charge >= 0.3 is 0 Å². The molecule has 2 fully saturated rings. The fraction of sp³-hybridized carbons (Fsp3) is 1.00. The van der Waals surface area contributed by atoms with Gasteiger partial charge in [0.05, 0.1) is 5.60 Å². The molecule has 2 rings (SSSR count). The van der Waals surface area contributed by atoms with E-state index in [1.807, 2.05) is 0 Å². The molecule has 0 radical (unpaired) electrons. The normalized spacial score (nSPS) is 35.3. The Kier molecular flexibility index (Phi) is 5.19. The predicted molar refractivity (Wildman–Crippen MR) is 75.8 cm³/mol. The van der Waals surface area contributed by atoms with Crippen molar-refractivity contribution in [1.29, 1.82) is 0 Å². The van der Waals surface area contributed by atoms with Crippen LogP contribution in [0.4, 0.5) is 0 Å². The van der Waals surface area contributed by atoms with E-state index in [0.717, 1.165) is 6.61 Å². The van der Waals surface area contributed by atoms with Crippen LogP contribution in [0, 0.1) is 0 Å². The van der Waals surface area contributed by atoms with Gasteiger partial charge in [-0.15, -0.1) is 0 Å². The second kappa shape index (κ2) is 6.44. The Morgan fingerprint density at radius 2 is 2.35 bits per heavy atom. The van der Waals surface area contributed by atoms with Gasteiger partial charge in [0, 0.05) is 24.4 Å². The van der Waals surface area contributed by atoms with E-state index in [1.165, 1.54) is 50.0 Å². The highest BCUT2D eigenvalue weighted by Crippen LogP contribution is 2.38. The van der Waals surface area contributed by atoms with E-state index in [4.69, 9.17) is 4.74 Å². The highest BCUT2D eigenvalue weighted by molar-refractivity contribution is 7.99. The molecule has 2 heterocycles. The van der Waals surface area contributed by atoms with E-state index >= 15 is 0 Å². The molecule has 0 saturated carbocycles. The summed E-state index contributed by atoms with van der Waals surface area (Å²) in [5.41, 5.74) is 0.227. The largest absolute Gasteiger partial charge is 0.374 e. The van der Waals surface area contributed by atoms with E-state index in [9.17, 15) is 0 Å². The molecular weight excluding hydrogens is 230 g/mol. The molecule has 2 aliphatic rings. The van der Waals surface area contributed by atoms with Gasteiger partial charge in [-0.25, -0.2) is 0 Å². The lowest BCUT2D eigenvalue weighted by atomic mass is 9.89. The van der Waals surface area contributed by atoms with E-state index < -0.39 is 0 Å². The number of thioether (sulfide) groups is 1. The van der Waals surface area contributed by atoms with Crippen LogP contribution in [0.3, 0.4) is 0 Å². The highest BCUT2D eigenvalue weighted by Gasteiger charge is 2.40. The van der Waals surface area contributed by atoms with Gasteiger partial charge in [-0.3, -0.25) is 0 Å². The van der Waals surface area contributed by atoms with E-state index in [-0.39, 0.29) is 5.60 Å². The van der Waals surface area contributed by atoms with Gasteiger partial charge in [-0.2, -0.15) is 11.8 Å². The van der Waals surface area contributed by atoms with Crippen LogP contribution >= 0.6 is 11.8 Å². The van der Waals surface area contributed by atoms with Crippen molar-refractivity contribution in [3.05, 3.63) is 0 Å². The average Bonchev–Trinajstić information content (AvgIpc) is 2.77. The molecule has 0 aliphatic carbocycles. The van der Waals surface area contributed by atoms with Crippen LogP contribution < -0.4 is 5.32 Å². The fourth-order valence-corrected chi connectivity index (χ4v) is 4.50. The molecule has 100 valence electrons. The third-order valence-corrected chi connectivity index (χ3v) is 5.38. The van der Waals surface area contributed by atoms with Gasteiger partial charge in [-0.1, -0.05) is 20.3 Å². The zero-order valence-corrected chi connectivity index (χ0v) is 12.2. The van der Waals surface area contributed by atoms with Gasteiger partial charge in [-0.05, 0) is 37.9 Å². The Morgan fingerprint density at radius 3 is 3.00 bits per heavy atom. The smallest absolute Gasteiger partial charge is 0.0795 e. The molecule has 2 aliphatic heterocycles. The van der Waals surface area contributed by atoms with Crippen molar-refractivity contribution in [1.82, 2.24) is 5.32 Å². The molecule has 1 spiro atoms. The summed E-state index contributed by atoms with van der Waals surface area (Å²) in [6.07, 6.45) is 7.56. The molecule has 3 atom stereocenters. The molecule has 0 amide bonds. The maximum Gasteiger partial charge on any atom is 0.0795 e. The van der Waals surface area contributed by atoms with E-state index in [1.54, 1.807) is 0 Å². The number of nitrogens with one attached hydrogen (secondary N) is 1. The molecule has 1 N–H and O–H groups in total. The third-order valence-electron chi connectivity index (χ3n) is 4.16. The fourth-order valence-electron chi connectivity index (χ4n) is 3.12. The van der Waals surface area contributed by atoms with Crippen molar-refractivity contribution in [2.75, 3.05) is 18.1 Å². The summed E-state index contributed by atoms with van der Waals surface area (Å²) in [5.74, 6) is 2.51. The lowest BCUT2D eigenvalue weighted by Gasteiger charge is -2.39. The summed E-state index contributed by atoms with van der Waals surface area (Å²) in [7, 11) is 0. The summed E-state index contributed by atoms with van der Waals surface area (Å²) in [6, 6.07) is 1.41. The Hall–Kier alpha value is 0.270. The maximum atomic E-state index is 6.07. The van der Waals surface area contributed by atoms with E-state index in [2.05, 4.69) is 30.9 Å². The number of ether oxygens (including phenoxy) is 1. The van der Waals surface area contributed by atoms with Crippen molar-refractivity contribution in [2.24, 2.45) is 0 Å². The van der Waals surface area contributed by atoms with Crippen molar-refractivity contribution in [2.45, 2.75) is 70.1 Å². The Bertz CT molecular complexity index is 228. The van der Waals surface area contributed by atoms with Crippen LogP contribution in [0.5, 0.6) is 0 Å². The molecule has 3 unspecified atom stereocenters. The first-order valence-corrected chi connectivity index (χ1v) is 8.41. The third kappa shape index (κ3) is 3.62. The number of hydrogen-bond acceptors (Lipinski definition) is 3. The van der Waals surface area contributed by atoms with Gasteiger partial charge in [0.15, 0.2) is 0 Å². The molecule has 0 aromatic carbocycles. The summed E-state index contributed by atoms with van der Waals surface area (Å²) < 4.78 is 6.07. The predicted octanol–water partition coefficient (Wildman–Crippen LogP) is 3.21. The molecule has 0 aromatic rings. The van der Waals surface area contributed by atoms with E-state index in [0.29, 0.717) is 12.1 Å². The molecule has 3 heteroatoms. The topological polar surface area (TPSA) is 21.3 Å². The van der Waals surface area contributed by atoms with Gasteiger partial charge in [0.2, 0.25) is 0 Å². The summed E-state index contributed by atoms with van der Waals surface area (Å²) >= 11 is 2.06. The van der Waals surface area contributed by atoms with Crippen LogP contribution in [-0.4, -0.2) is 35.8 Å². The standard InChI is InChI=1S/C14H27NOS/c1-3-5-12(4-2)15-13-6-8-16-14(10-13)7-9-17-11-14/h12-13,15H,3-11H2,1-2H3. The summed E-state index contributed by atoms with van der Waals surface area (Å²) in [6.45, 7) is 5.54. The Morgan fingerprint density at radius 1 is 1.47 bits per heavy atom. The van der Waals surface area contributed by atoms with Gasteiger partial charge in [0.1, 0.15) is 0 Å². The first-order valence-electron chi connectivity index (χ1n) is 7.26.